The van der Waals surface area contributed by atoms with Crippen LogP contribution in [0.4, 0.5) is 5.95 Å². The summed E-state index contributed by atoms with van der Waals surface area (Å²) in [6.07, 6.45) is 6.18. The summed E-state index contributed by atoms with van der Waals surface area (Å²) >= 11 is 1.88. The van der Waals surface area contributed by atoms with Crippen LogP contribution in [0.15, 0.2) is 12.3 Å². The first-order chi connectivity index (χ1) is 9.58. The molecule has 1 aromatic rings. The summed E-state index contributed by atoms with van der Waals surface area (Å²) in [5.41, 5.74) is 5.92. The number of hydrogen-bond donors (Lipinski definition) is 1. The van der Waals surface area contributed by atoms with Crippen molar-refractivity contribution in [2.45, 2.75) is 37.5 Å². The average molecular weight is 296 g/mol. The van der Waals surface area contributed by atoms with E-state index in [4.69, 9.17) is 10.5 Å². The number of rotatable bonds is 5. The second kappa shape index (κ2) is 6.63. The third kappa shape index (κ3) is 3.55. The number of nitrogens with zero attached hydrogens (tertiary/aromatic N) is 3. The van der Waals surface area contributed by atoms with Crippen LogP contribution in [0.2, 0.25) is 0 Å². The SMILES string of the molecule is CSC1(CN)CCN(c2nccc(OC(C)C)n2)CC1. The van der Waals surface area contributed by atoms with E-state index in [9.17, 15) is 0 Å². The molecular weight excluding hydrogens is 272 g/mol. The Morgan fingerprint density at radius 3 is 2.70 bits per heavy atom. The van der Waals surface area contributed by atoms with Gasteiger partial charge in [-0.2, -0.15) is 16.7 Å². The van der Waals surface area contributed by atoms with Crippen LogP contribution >= 0.6 is 11.8 Å². The van der Waals surface area contributed by atoms with Gasteiger partial charge in [-0.05, 0) is 32.9 Å². The van der Waals surface area contributed by atoms with E-state index in [2.05, 4.69) is 21.1 Å². The Balaban J connectivity index is 2.03. The summed E-state index contributed by atoms with van der Waals surface area (Å²) in [6, 6.07) is 1.81. The van der Waals surface area contributed by atoms with E-state index in [0.717, 1.165) is 38.4 Å². The first-order valence-corrected chi connectivity index (χ1v) is 8.31. The number of piperidine rings is 1. The van der Waals surface area contributed by atoms with Gasteiger partial charge in [-0.15, -0.1) is 0 Å². The van der Waals surface area contributed by atoms with E-state index in [1.165, 1.54) is 0 Å². The van der Waals surface area contributed by atoms with Crippen molar-refractivity contribution in [3.63, 3.8) is 0 Å². The molecule has 2 heterocycles. The molecule has 0 radical (unpaired) electrons. The summed E-state index contributed by atoms with van der Waals surface area (Å²) in [7, 11) is 0. The van der Waals surface area contributed by atoms with E-state index in [-0.39, 0.29) is 10.9 Å². The van der Waals surface area contributed by atoms with Gasteiger partial charge in [-0.25, -0.2) is 4.98 Å². The maximum absolute atomic E-state index is 5.92. The van der Waals surface area contributed by atoms with Crippen molar-refractivity contribution in [1.29, 1.82) is 0 Å². The fourth-order valence-electron chi connectivity index (χ4n) is 2.40. The monoisotopic (exact) mass is 296 g/mol. The van der Waals surface area contributed by atoms with Gasteiger partial charge in [-0.1, -0.05) is 0 Å². The molecule has 0 aromatic carbocycles. The average Bonchev–Trinajstić information content (AvgIpc) is 2.47. The molecule has 0 saturated carbocycles. The van der Waals surface area contributed by atoms with E-state index in [1.54, 1.807) is 12.3 Å². The summed E-state index contributed by atoms with van der Waals surface area (Å²) in [5, 5.41) is 0. The van der Waals surface area contributed by atoms with E-state index in [0.29, 0.717) is 5.88 Å². The van der Waals surface area contributed by atoms with Crippen LogP contribution in [0.5, 0.6) is 5.88 Å². The molecule has 5 nitrogen and oxygen atoms in total. The molecule has 2 rings (SSSR count). The minimum Gasteiger partial charge on any atom is -0.475 e. The van der Waals surface area contributed by atoms with Gasteiger partial charge >= 0.3 is 0 Å². The predicted molar refractivity (Wildman–Crippen MR) is 84.5 cm³/mol. The van der Waals surface area contributed by atoms with Gasteiger partial charge < -0.3 is 15.4 Å². The molecule has 0 aliphatic carbocycles. The normalized spacial score (nSPS) is 18.4. The fraction of sp³-hybridized carbons (Fsp3) is 0.714. The molecule has 2 N–H and O–H groups in total. The van der Waals surface area contributed by atoms with Gasteiger partial charge in [0.25, 0.3) is 0 Å². The predicted octanol–water partition coefficient (Wildman–Crippen LogP) is 1.92. The summed E-state index contributed by atoms with van der Waals surface area (Å²) in [6.45, 7) is 6.62. The number of anilines is 1. The van der Waals surface area contributed by atoms with Crippen LogP contribution in [-0.2, 0) is 0 Å². The van der Waals surface area contributed by atoms with Crippen LogP contribution in [-0.4, -0.2) is 46.7 Å². The second-order valence-corrected chi connectivity index (χ2v) is 6.71. The van der Waals surface area contributed by atoms with Crippen molar-refractivity contribution in [2.75, 3.05) is 30.8 Å². The van der Waals surface area contributed by atoms with Crippen molar-refractivity contribution < 1.29 is 4.74 Å². The number of ether oxygens (including phenoxy) is 1. The van der Waals surface area contributed by atoms with Gasteiger partial charge in [-0.3, -0.25) is 0 Å². The summed E-state index contributed by atoms with van der Waals surface area (Å²) in [4.78, 5) is 11.1. The minimum absolute atomic E-state index is 0.125. The highest BCUT2D eigenvalue weighted by molar-refractivity contribution is 8.00. The highest BCUT2D eigenvalue weighted by Gasteiger charge is 2.33. The molecule has 1 aliphatic rings. The smallest absolute Gasteiger partial charge is 0.228 e. The third-order valence-electron chi connectivity index (χ3n) is 3.74. The topological polar surface area (TPSA) is 64.3 Å². The highest BCUT2D eigenvalue weighted by Crippen LogP contribution is 2.34. The highest BCUT2D eigenvalue weighted by atomic mass is 32.2. The zero-order valence-electron chi connectivity index (χ0n) is 12.5. The molecule has 1 saturated heterocycles. The molecule has 1 aliphatic heterocycles. The second-order valence-electron chi connectivity index (χ2n) is 5.44. The van der Waals surface area contributed by atoms with Crippen LogP contribution < -0.4 is 15.4 Å². The largest absolute Gasteiger partial charge is 0.475 e. The molecule has 0 spiro atoms. The molecule has 1 fully saturated rings. The first kappa shape index (κ1) is 15.4. The maximum Gasteiger partial charge on any atom is 0.228 e. The quantitative estimate of drug-likeness (QED) is 0.895. The van der Waals surface area contributed by atoms with Gasteiger partial charge in [0.05, 0.1) is 6.10 Å². The minimum atomic E-state index is 0.125. The molecule has 0 amide bonds. The van der Waals surface area contributed by atoms with E-state index >= 15 is 0 Å². The lowest BCUT2D eigenvalue weighted by atomic mass is 9.96. The Morgan fingerprint density at radius 1 is 1.45 bits per heavy atom. The molecule has 0 atom stereocenters. The number of hydrogen-bond acceptors (Lipinski definition) is 6. The number of aromatic nitrogens is 2. The molecule has 20 heavy (non-hydrogen) atoms. The van der Waals surface area contributed by atoms with Crippen LogP contribution in [0.3, 0.4) is 0 Å². The summed E-state index contributed by atoms with van der Waals surface area (Å²) in [5.74, 6) is 1.40. The van der Waals surface area contributed by atoms with Crippen LogP contribution in [0.25, 0.3) is 0 Å². The Kier molecular flexibility index (Phi) is 5.10. The van der Waals surface area contributed by atoms with Gasteiger partial charge in [0, 0.05) is 36.6 Å². The van der Waals surface area contributed by atoms with Gasteiger partial charge in [0.1, 0.15) is 0 Å². The number of nitrogens with two attached hydrogens (primary N) is 1. The molecule has 112 valence electrons. The van der Waals surface area contributed by atoms with Crippen molar-refractivity contribution in [2.24, 2.45) is 5.73 Å². The lowest BCUT2D eigenvalue weighted by Crippen LogP contribution is -2.47. The lowest BCUT2D eigenvalue weighted by molar-refractivity contribution is 0.232. The van der Waals surface area contributed by atoms with Crippen molar-refractivity contribution in [1.82, 2.24) is 9.97 Å². The zero-order valence-corrected chi connectivity index (χ0v) is 13.3. The summed E-state index contributed by atoms with van der Waals surface area (Å²) < 4.78 is 5.85. The maximum atomic E-state index is 5.92. The van der Waals surface area contributed by atoms with Crippen LogP contribution in [0, 0.1) is 0 Å². The van der Waals surface area contributed by atoms with Gasteiger partial charge in [0.2, 0.25) is 11.8 Å². The van der Waals surface area contributed by atoms with Crippen LogP contribution in [0.1, 0.15) is 26.7 Å². The van der Waals surface area contributed by atoms with E-state index in [1.807, 2.05) is 25.6 Å². The van der Waals surface area contributed by atoms with Crippen molar-refractivity contribution in [3.8, 4) is 5.88 Å². The van der Waals surface area contributed by atoms with Gasteiger partial charge in [0.15, 0.2) is 0 Å². The Hall–Kier alpha value is -1.01. The van der Waals surface area contributed by atoms with E-state index < -0.39 is 0 Å². The Bertz CT molecular complexity index is 427. The Morgan fingerprint density at radius 2 is 2.15 bits per heavy atom. The molecule has 1 aromatic heterocycles. The Labute approximate surface area is 125 Å². The molecular formula is C14H24N4OS. The third-order valence-corrected chi connectivity index (χ3v) is 5.18. The fourth-order valence-corrected chi connectivity index (χ4v) is 3.16. The zero-order chi connectivity index (χ0) is 14.6. The molecule has 6 heteroatoms. The lowest BCUT2D eigenvalue weighted by Gasteiger charge is -2.40. The number of thioether (sulfide) groups is 1. The molecule has 0 unspecified atom stereocenters. The van der Waals surface area contributed by atoms with Crippen molar-refractivity contribution >= 4 is 17.7 Å². The standard InChI is InChI=1S/C14H24N4OS/c1-11(2)19-12-4-7-16-13(17-12)18-8-5-14(10-15,20-3)6-9-18/h4,7,11H,5-6,8-10,15H2,1-3H3. The van der Waals surface area contributed by atoms with Crippen molar-refractivity contribution in [3.05, 3.63) is 12.3 Å². The first-order valence-electron chi connectivity index (χ1n) is 7.08. The molecule has 0 bridgehead atoms.